The van der Waals surface area contributed by atoms with Crippen molar-refractivity contribution in [1.29, 1.82) is 0 Å². The van der Waals surface area contributed by atoms with Crippen LogP contribution in [0.3, 0.4) is 0 Å². The maximum absolute atomic E-state index is 11.7. The molecule has 1 fully saturated rings. The number of benzene rings is 1. The quantitative estimate of drug-likeness (QED) is 0.848. The molecule has 1 aromatic heterocycles. The fraction of sp³-hybridized carbons (Fsp3) is 0.500. The van der Waals surface area contributed by atoms with Crippen LogP contribution in [-0.4, -0.2) is 48.1 Å². The zero-order valence-corrected chi connectivity index (χ0v) is 14.0. The summed E-state index contributed by atoms with van der Waals surface area (Å²) >= 11 is 0. The zero-order chi connectivity index (χ0) is 16.3. The topological polar surface area (TPSA) is 76.3 Å². The summed E-state index contributed by atoms with van der Waals surface area (Å²) in [5.41, 5.74) is 1.13. The highest BCUT2D eigenvalue weighted by Gasteiger charge is 2.26. The Morgan fingerprint density at radius 1 is 1.22 bits per heavy atom. The molecule has 0 spiro atoms. The van der Waals surface area contributed by atoms with Gasteiger partial charge < -0.3 is 4.52 Å². The molecule has 0 saturated carbocycles. The molecule has 1 saturated heterocycles. The summed E-state index contributed by atoms with van der Waals surface area (Å²) in [4.78, 5) is 6.58. The number of hydrogen-bond donors (Lipinski definition) is 0. The summed E-state index contributed by atoms with van der Waals surface area (Å²) in [6.07, 6.45) is 1.28. The van der Waals surface area contributed by atoms with Crippen LogP contribution in [0.4, 0.5) is 0 Å². The van der Waals surface area contributed by atoms with Crippen molar-refractivity contribution in [2.75, 3.05) is 24.6 Å². The summed E-state index contributed by atoms with van der Waals surface area (Å²) in [6.45, 7) is 3.23. The van der Waals surface area contributed by atoms with Crippen molar-refractivity contribution in [2.45, 2.75) is 25.8 Å². The van der Waals surface area contributed by atoms with Gasteiger partial charge in [-0.15, -0.1) is 0 Å². The first-order valence-corrected chi connectivity index (χ1v) is 9.66. The fourth-order valence-electron chi connectivity index (χ4n) is 2.79. The minimum absolute atomic E-state index is 0.0691. The molecule has 0 amide bonds. The van der Waals surface area contributed by atoms with Gasteiger partial charge in [0.25, 0.3) is 0 Å². The third kappa shape index (κ3) is 4.17. The monoisotopic (exact) mass is 335 g/mol. The fourth-order valence-corrected chi connectivity index (χ4v) is 4.07. The molecule has 1 aliphatic rings. The lowest BCUT2D eigenvalue weighted by molar-refractivity contribution is 0.185. The number of sulfone groups is 1. The van der Waals surface area contributed by atoms with Gasteiger partial charge in [-0.25, -0.2) is 8.42 Å². The van der Waals surface area contributed by atoms with Crippen LogP contribution in [-0.2, 0) is 16.3 Å². The van der Waals surface area contributed by atoms with Crippen molar-refractivity contribution < 1.29 is 12.9 Å². The Balaban J connectivity index is 1.67. The van der Waals surface area contributed by atoms with E-state index in [2.05, 4.69) is 15.0 Å². The van der Waals surface area contributed by atoms with E-state index < -0.39 is 9.84 Å². The highest BCUT2D eigenvalue weighted by atomic mass is 32.2. The lowest BCUT2D eigenvalue weighted by Crippen LogP contribution is -2.30. The summed E-state index contributed by atoms with van der Waals surface area (Å²) in [5, 5.41) is 4.05. The molecule has 0 radical (unpaired) electrons. The van der Waals surface area contributed by atoms with Crippen molar-refractivity contribution >= 4 is 9.84 Å². The first kappa shape index (κ1) is 16.1. The number of aromatic nitrogens is 2. The third-order valence-electron chi connectivity index (χ3n) is 4.18. The Morgan fingerprint density at radius 2 is 2.00 bits per heavy atom. The number of hydrogen-bond acceptors (Lipinski definition) is 6. The van der Waals surface area contributed by atoms with Crippen LogP contribution in [0.1, 0.15) is 36.7 Å². The standard InChI is InChI=1S/C16H21N3O3S/c1-13(19-8-5-10-23(20,21)11-9-19)16-17-15(18-22-16)12-14-6-3-2-4-7-14/h2-4,6-7,13H,5,8-12H2,1H3/t13-/m1/s1. The highest BCUT2D eigenvalue weighted by Crippen LogP contribution is 2.21. The van der Waals surface area contributed by atoms with Crippen LogP contribution in [0.15, 0.2) is 34.9 Å². The predicted molar refractivity (Wildman–Crippen MR) is 86.8 cm³/mol. The van der Waals surface area contributed by atoms with Gasteiger partial charge in [-0.2, -0.15) is 4.98 Å². The molecule has 2 aromatic rings. The van der Waals surface area contributed by atoms with E-state index in [4.69, 9.17) is 4.52 Å². The van der Waals surface area contributed by atoms with E-state index in [0.29, 0.717) is 31.1 Å². The lowest BCUT2D eigenvalue weighted by Gasteiger charge is -2.23. The minimum atomic E-state index is -2.91. The maximum Gasteiger partial charge on any atom is 0.243 e. The van der Waals surface area contributed by atoms with Gasteiger partial charge in [0.05, 0.1) is 17.5 Å². The van der Waals surface area contributed by atoms with Gasteiger partial charge in [0, 0.05) is 13.0 Å². The van der Waals surface area contributed by atoms with Gasteiger partial charge in [-0.1, -0.05) is 35.5 Å². The molecule has 23 heavy (non-hydrogen) atoms. The van der Waals surface area contributed by atoms with Crippen molar-refractivity contribution in [3.05, 3.63) is 47.6 Å². The van der Waals surface area contributed by atoms with Gasteiger partial charge in [-0.3, -0.25) is 4.90 Å². The largest absolute Gasteiger partial charge is 0.338 e. The molecule has 1 atom stereocenters. The Kier molecular flexibility index (Phi) is 4.77. The van der Waals surface area contributed by atoms with Crippen molar-refractivity contribution in [2.24, 2.45) is 0 Å². The van der Waals surface area contributed by atoms with Crippen molar-refractivity contribution in [1.82, 2.24) is 15.0 Å². The highest BCUT2D eigenvalue weighted by molar-refractivity contribution is 7.91. The molecule has 0 N–H and O–H groups in total. The molecule has 124 valence electrons. The van der Waals surface area contributed by atoms with Crippen LogP contribution in [0.25, 0.3) is 0 Å². The van der Waals surface area contributed by atoms with E-state index in [1.54, 1.807) is 0 Å². The predicted octanol–water partition coefficient (Wildman–Crippen LogP) is 1.84. The van der Waals surface area contributed by atoms with E-state index in [-0.39, 0.29) is 17.5 Å². The average Bonchev–Trinajstić information content (AvgIpc) is 2.91. The van der Waals surface area contributed by atoms with Gasteiger partial charge in [0.1, 0.15) is 0 Å². The third-order valence-corrected chi connectivity index (χ3v) is 5.90. The maximum atomic E-state index is 11.7. The lowest BCUT2D eigenvalue weighted by atomic mass is 10.1. The molecule has 1 aromatic carbocycles. The van der Waals surface area contributed by atoms with Crippen LogP contribution < -0.4 is 0 Å². The SMILES string of the molecule is C[C@H](c1nc(Cc2ccccc2)no1)N1CCCS(=O)(=O)CC1. The normalized spacial score (nSPS) is 20.0. The molecule has 1 aliphatic heterocycles. The molecular weight excluding hydrogens is 314 g/mol. The molecule has 7 heteroatoms. The Bertz CT molecular complexity index is 743. The van der Waals surface area contributed by atoms with E-state index >= 15 is 0 Å². The second kappa shape index (κ2) is 6.80. The van der Waals surface area contributed by atoms with E-state index in [9.17, 15) is 8.42 Å². The van der Waals surface area contributed by atoms with Gasteiger partial charge >= 0.3 is 0 Å². The number of rotatable bonds is 4. The van der Waals surface area contributed by atoms with Gasteiger partial charge in [-0.05, 0) is 25.5 Å². The summed E-state index contributed by atoms with van der Waals surface area (Å²) in [7, 11) is -2.91. The smallest absolute Gasteiger partial charge is 0.243 e. The molecule has 0 bridgehead atoms. The van der Waals surface area contributed by atoms with Gasteiger partial charge in [0.15, 0.2) is 15.7 Å². The first-order chi connectivity index (χ1) is 11.0. The van der Waals surface area contributed by atoms with E-state index in [1.165, 1.54) is 0 Å². The zero-order valence-electron chi connectivity index (χ0n) is 13.2. The first-order valence-electron chi connectivity index (χ1n) is 7.84. The minimum Gasteiger partial charge on any atom is -0.338 e. The Labute approximate surface area is 136 Å². The second-order valence-electron chi connectivity index (χ2n) is 5.93. The Morgan fingerprint density at radius 3 is 2.78 bits per heavy atom. The van der Waals surface area contributed by atoms with Crippen molar-refractivity contribution in [3.8, 4) is 0 Å². The van der Waals surface area contributed by atoms with Crippen LogP contribution >= 0.6 is 0 Å². The van der Waals surface area contributed by atoms with Crippen LogP contribution in [0.2, 0.25) is 0 Å². The van der Waals surface area contributed by atoms with E-state index in [0.717, 1.165) is 12.1 Å². The molecule has 3 rings (SSSR count). The van der Waals surface area contributed by atoms with E-state index in [1.807, 2.05) is 37.3 Å². The summed E-state index contributed by atoms with van der Waals surface area (Å²) in [6, 6.07) is 9.92. The summed E-state index contributed by atoms with van der Waals surface area (Å²) < 4.78 is 28.8. The average molecular weight is 335 g/mol. The molecular formula is C16H21N3O3S. The van der Waals surface area contributed by atoms with Crippen LogP contribution in [0, 0.1) is 0 Å². The summed E-state index contributed by atoms with van der Waals surface area (Å²) in [5.74, 6) is 1.66. The second-order valence-corrected chi connectivity index (χ2v) is 8.23. The molecule has 0 aliphatic carbocycles. The Hall–Kier alpha value is -1.73. The number of nitrogens with zero attached hydrogens (tertiary/aromatic N) is 3. The van der Waals surface area contributed by atoms with Gasteiger partial charge in [0.2, 0.25) is 5.89 Å². The molecule has 6 nitrogen and oxygen atoms in total. The molecule has 0 unspecified atom stereocenters. The van der Waals surface area contributed by atoms with Crippen molar-refractivity contribution in [3.63, 3.8) is 0 Å². The van der Waals surface area contributed by atoms with Crippen LogP contribution in [0.5, 0.6) is 0 Å². The molecule has 2 heterocycles.